The number of rotatable bonds is 5. The van der Waals surface area contributed by atoms with Crippen molar-refractivity contribution >= 4 is 12.0 Å². The van der Waals surface area contributed by atoms with Gasteiger partial charge in [-0.1, -0.05) is 6.08 Å². The minimum Gasteiger partial charge on any atom is -0.496 e. The SMILES string of the molecule is C/C=C/c1oc(=O)c(CO)c(OC)c1COC(C)=O. The summed E-state index contributed by atoms with van der Waals surface area (Å²) in [5.41, 5.74) is -0.281. The molecule has 0 aliphatic carbocycles. The summed E-state index contributed by atoms with van der Waals surface area (Å²) < 4.78 is 15.1. The van der Waals surface area contributed by atoms with E-state index in [-0.39, 0.29) is 23.7 Å². The zero-order valence-corrected chi connectivity index (χ0v) is 11.1. The molecule has 0 unspecified atom stereocenters. The molecule has 6 heteroatoms. The molecule has 1 rings (SSSR count). The fraction of sp³-hybridized carbons (Fsp3) is 0.385. The van der Waals surface area contributed by atoms with Crippen LogP contribution in [0, 0.1) is 0 Å². The highest BCUT2D eigenvalue weighted by Gasteiger charge is 2.19. The van der Waals surface area contributed by atoms with Crippen LogP contribution >= 0.6 is 0 Å². The highest BCUT2D eigenvalue weighted by Crippen LogP contribution is 2.26. The van der Waals surface area contributed by atoms with Gasteiger partial charge in [0.2, 0.25) is 0 Å². The highest BCUT2D eigenvalue weighted by atomic mass is 16.5. The Morgan fingerprint density at radius 1 is 1.42 bits per heavy atom. The van der Waals surface area contributed by atoms with Crippen molar-refractivity contribution in [3.05, 3.63) is 33.4 Å². The quantitative estimate of drug-likeness (QED) is 0.808. The van der Waals surface area contributed by atoms with E-state index in [1.54, 1.807) is 19.1 Å². The highest BCUT2D eigenvalue weighted by molar-refractivity contribution is 5.66. The number of hydrogen-bond acceptors (Lipinski definition) is 6. The fourth-order valence-electron chi connectivity index (χ4n) is 1.59. The van der Waals surface area contributed by atoms with Crippen LogP contribution < -0.4 is 10.4 Å². The lowest BCUT2D eigenvalue weighted by atomic mass is 10.1. The Balaban J connectivity index is 3.43. The normalized spacial score (nSPS) is 10.7. The van der Waals surface area contributed by atoms with E-state index >= 15 is 0 Å². The lowest BCUT2D eigenvalue weighted by Crippen LogP contribution is -2.14. The standard InChI is InChI=1S/C13H16O6/c1-4-5-11-10(7-18-8(2)15)12(17-3)9(6-14)13(16)19-11/h4-5,14H,6-7H2,1-3H3/b5-4+. The van der Waals surface area contributed by atoms with Crippen LogP contribution in [-0.2, 0) is 22.7 Å². The van der Waals surface area contributed by atoms with Crippen molar-refractivity contribution in [3.8, 4) is 5.75 Å². The Morgan fingerprint density at radius 3 is 2.58 bits per heavy atom. The third-order valence-corrected chi connectivity index (χ3v) is 2.39. The van der Waals surface area contributed by atoms with Gasteiger partial charge < -0.3 is 19.0 Å². The summed E-state index contributed by atoms with van der Waals surface area (Å²) >= 11 is 0. The molecule has 0 aromatic carbocycles. The first-order valence-electron chi connectivity index (χ1n) is 5.64. The summed E-state index contributed by atoms with van der Waals surface area (Å²) in [5, 5.41) is 9.19. The molecule has 19 heavy (non-hydrogen) atoms. The summed E-state index contributed by atoms with van der Waals surface area (Å²) in [6.45, 7) is 2.40. The van der Waals surface area contributed by atoms with Crippen LogP contribution in [0.3, 0.4) is 0 Å². The minimum absolute atomic E-state index is 0.00194. The molecule has 104 valence electrons. The number of methoxy groups -OCH3 is 1. The van der Waals surface area contributed by atoms with Gasteiger partial charge in [0.05, 0.1) is 19.3 Å². The van der Waals surface area contributed by atoms with Crippen LogP contribution in [0.4, 0.5) is 0 Å². The Kier molecular flexibility index (Phi) is 5.32. The van der Waals surface area contributed by atoms with Crippen molar-refractivity contribution in [2.45, 2.75) is 27.1 Å². The van der Waals surface area contributed by atoms with Crippen molar-refractivity contribution in [2.24, 2.45) is 0 Å². The molecule has 0 atom stereocenters. The second kappa shape index (κ2) is 6.75. The molecule has 1 heterocycles. The molecule has 0 bridgehead atoms. The van der Waals surface area contributed by atoms with Crippen LogP contribution in [0.1, 0.15) is 30.7 Å². The number of esters is 1. The van der Waals surface area contributed by atoms with E-state index in [1.165, 1.54) is 14.0 Å². The van der Waals surface area contributed by atoms with Crippen LogP contribution in [0.5, 0.6) is 5.75 Å². The van der Waals surface area contributed by atoms with Gasteiger partial charge in [-0.2, -0.15) is 0 Å². The molecule has 1 aromatic heterocycles. The first-order chi connectivity index (χ1) is 9.04. The fourth-order valence-corrected chi connectivity index (χ4v) is 1.59. The van der Waals surface area contributed by atoms with Crippen molar-refractivity contribution in [1.29, 1.82) is 0 Å². The minimum atomic E-state index is -0.681. The second-order valence-electron chi connectivity index (χ2n) is 3.68. The Labute approximate surface area is 110 Å². The van der Waals surface area contributed by atoms with Gasteiger partial charge in [-0.3, -0.25) is 4.79 Å². The molecule has 0 amide bonds. The predicted molar refractivity (Wildman–Crippen MR) is 67.6 cm³/mol. The molecule has 0 fully saturated rings. The molecule has 0 aliphatic rings. The third kappa shape index (κ3) is 3.45. The number of allylic oxidation sites excluding steroid dienone is 1. The maximum atomic E-state index is 11.7. The summed E-state index contributed by atoms with van der Waals surface area (Å²) in [5.74, 6) is -0.0545. The summed E-state index contributed by atoms with van der Waals surface area (Å²) in [4.78, 5) is 22.6. The van der Waals surface area contributed by atoms with Crippen LogP contribution in [0.2, 0.25) is 0 Å². The molecule has 6 nitrogen and oxygen atoms in total. The lowest BCUT2D eigenvalue weighted by Gasteiger charge is -2.13. The maximum absolute atomic E-state index is 11.7. The van der Waals surface area contributed by atoms with E-state index in [4.69, 9.17) is 13.9 Å². The van der Waals surface area contributed by atoms with Gasteiger partial charge in [0.1, 0.15) is 23.7 Å². The van der Waals surface area contributed by atoms with Gasteiger partial charge in [-0.05, 0) is 13.0 Å². The monoisotopic (exact) mass is 268 g/mol. The van der Waals surface area contributed by atoms with Gasteiger partial charge >= 0.3 is 11.6 Å². The molecule has 0 aliphatic heterocycles. The van der Waals surface area contributed by atoms with E-state index in [9.17, 15) is 14.7 Å². The second-order valence-corrected chi connectivity index (χ2v) is 3.68. The van der Waals surface area contributed by atoms with E-state index in [0.29, 0.717) is 5.56 Å². The van der Waals surface area contributed by atoms with Crippen molar-refractivity contribution < 1.29 is 23.8 Å². The first kappa shape index (κ1) is 15.0. The van der Waals surface area contributed by atoms with Gasteiger partial charge in [-0.25, -0.2) is 4.79 Å². The predicted octanol–water partition coefficient (Wildman–Crippen LogP) is 1.24. The number of carbonyl (C=O) groups is 1. The molecule has 1 N–H and O–H groups in total. The summed E-state index contributed by atoms with van der Waals surface area (Å²) in [7, 11) is 1.37. The van der Waals surface area contributed by atoms with Crippen LogP contribution in [-0.4, -0.2) is 18.2 Å². The van der Waals surface area contributed by atoms with E-state index in [0.717, 1.165) is 0 Å². The molecule has 0 saturated carbocycles. The summed E-state index contributed by atoms with van der Waals surface area (Å²) in [6, 6.07) is 0. The third-order valence-electron chi connectivity index (χ3n) is 2.39. The molecule has 1 aromatic rings. The van der Waals surface area contributed by atoms with Crippen LogP contribution in [0.15, 0.2) is 15.3 Å². The molecule has 0 radical (unpaired) electrons. The zero-order valence-electron chi connectivity index (χ0n) is 11.1. The maximum Gasteiger partial charge on any atom is 0.345 e. The molecule has 0 spiro atoms. The van der Waals surface area contributed by atoms with E-state index in [2.05, 4.69) is 0 Å². The van der Waals surface area contributed by atoms with Crippen molar-refractivity contribution in [1.82, 2.24) is 0 Å². The van der Waals surface area contributed by atoms with E-state index in [1.807, 2.05) is 0 Å². The van der Waals surface area contributed by atoms with Crippen LogP contribution in [0.25, 0.3) is 6.08 Å². The number of ether oxygens (including phenoxy) is 2. The number of carbonyl (C=O) groups excluding carboxylic acids is 1. The van der Waals surface area contributed by atoms with Gasteiger partial charge in [0, 0.05) is 6.92 Å². The number of aliphatic hydroxyl groups is 1. The Bertz CT molecular complexity index is 541. The summed E-state index contributed by atoms with van der Waals surface area (Å²) in [6.07, 6.45) is 3.23. The first-order valence-corrected chi connectivity index (χ1v) is 5.64. The number of hydrogen-bond donors (Lipinski definition) is 1. The zero-order chi connectivity index (χ0) is 14.4. The van der Waals surface area contributed by atoms with Gasteiger partial charge in [0.15, 0.2) is 0 Å². The average molecular weight is 268 g/mol. The lowest BCUT2D eigenvalue weighted by molar-refractivity contribution is -0.142. The van der Waals surface area contributed by atoms with E-state index < -0.39 is 18.2 Å². The number of aliphatic hydroxyl groups excluding tert-OH is 1. The van der Waals surface area contributed by atoms with Gasteiger partial charge in [-0.15, -0.1) is 0 Å². The Hall–Kier alpha value is -2.08. The Morgan fingerprint density at radius 2 is 2.11 bits per heavy atom. The molecular weight excluding hydrogens is 252 g/mol. The molecule has 0 saturated heterocycles. The van der Waals surface area contributed by atoms with Gasteiger partial charge in [0.25, 0.3) is 0 Å². The largest absolute Gasteiger partial charge is 0.496 e. The van der Waals surface area contributed by atoms with Crippen molar-refractivity contribution in [2.75, 3.05) is 7.11 Å². The smallest absolute Gasteiger partial charge is 0.345 e. The average Bonchev–Trinajstić information content (AvgIpc) is 2.36. The van der Waals surface area contributed by atoms with Crippen molar-refractivity contribution in [3.63, 3.8) is 0 Å². The topological polar surface area (TPSA) is 86.0 Å². The molecular formula is C13H16O6.